The zero-order chi connectivity index (χ0) is 18.2. The fourth-order valence-corrected chi connectivity index (χ4v) is 2.27. The number of ether oxygens (including phenoxy) is 1. The first-order chi connectivity index (χ1) is 12.0. The van der Waals surface area contributed by atoms with Gasteiger partial charge >= 0.3 is 0 Å². The number of rotatable bonds is 7. The van der Waals surface area contributed by atoms with E-state index in [0.717, 1.165) is 11.3 Å². The van der Waals surface area contributed by atoms with Crippen LogP contribution >= 0.6 is 12.2 Å². The van der Waals surface area contributed by atoms with Gasteiger partial charge in [0, 0.05) is 25.2 Å². The van der Waals surface area contributed by atoms with Crippen LogP contribution in [-0.2, 0) is 6.54 Å². The van der Waals surface area contributed by atoms with Gasteiger partial charge in [0.15, 0.2) is 5.11 Å². The van der Waals surface area contributed by atoms with Gasteiger partial charge in [-0.2, -0.15) is 0 Å². The van der Waals surface area contributed by atoms with Crippen LogP contribution in [-0.4, -0.2) is 28.8 Å². The van der Waals surface area contributed by atoms with Crippen molar-refractivity contribution >= 4 is 23.0 Å². The molecule has 0 unspecified atom stereocenters. The van der Waals surface area contributed by atoms with Crippen LogP contribution < -0.4 is 15.4 Å². The summed E-state index contributed by atoms with van der Waals surface area (Å²) in [6.45, 7) is 0.746. The molecule has 0 bridgehead atoms. The number of nitro groups is 1. The number of aliphatic hydroxyl groups excluding tert-OH is 1. The highest BCUT2D eigenvalue weighted by Gasteiger charge is 2.11. The van der Waals surface area contributed by atoms with Crippen molar-refractivity contribution in [1.29, 1.82) is 0 Å². The summed E-state index contributed by atoms with van der Waals surface area (Å²) in [5, 5.41) is 27.1. The number of nitro benzene ring substituents is 1. The molecule has 0 amide bonds. The molecule has 0 aliphatic heterocycles. The van der Waals surface area contributed by atoms with Crippen LogP contribution in [0, 0.1) is 10.1 Å². The average molecular weight is 361 g/mol. The average Bonchev–Trinajstić information content (AvgIpc) is 2.64. The first kappa shape index (κ1) is 18.6. The van der Waals surface area contributed by atoms with E-state index in [4.69, 9.17) is 17.0 Å². The molecule has 0 saturated carbocycles. The Morgan fingerprint density at radius 1 is 1.20 bits per heavy atom. The van der Waals surface area contributed by atoms with Crippen LogP contribution in [0.25, 0.3) is 0 Å². The number of non-ortho nitro benzene ring substituents is 1. The van der Waals surface area contributed by atoms with Gasteiger partial charge in [-0.05, 0) is 47.6 Å². The molecule has 0 saturated heterocycles. The molecule has 0 fully saturated rings. The summed E-state index contributed by atoms with van der Waals surface area (Å²) in [7, 11) is 1.61. The molecular formula is C17H19N3O4S. The molecule has 132 valence electrons. The number of nitrogens with zero attached hydrogens (tertiary/aromatic N) is 1. The smallest absolute Gasteiger partial charge is 0.269 e. The summed E-state index contributed by atoms with van der Waals surface area (Å²) in [6.07, 6.45) is -0.818. The van der Waals surface area contributed by atoms with Crippen molar-refractivity contribution in [1.82, 2.24) is 10.6 Å². The lowest BCUT2D eigenvalue weighted by molar-refractivity contribution is -0.384. The van der Waals surface area contributed by atoms with Gasteiger partial charge in [-0.15, -0.1) is 0 Å². The molecule has 1 atom stereocenters. The Hall–Kier alpha value is -2.71. The van der Waals surface area contributed by atoms with Crippen molar-refractivity contribution < 1.29 is 14.8 Å². The SMILES string of the molecule is COc1ccc(CNC(=S)NC[C@@H](O)c2ccc([N+](=O)[O-])cc2)cc1. The van der Waals surface area contributed by atoms with Gasteiger partial charge in [-0.1, -0.05) is 12.1 Å². The largest absolute Gasteiger partial charge is 0.497 e. The van der Waals surface area contributed by atoms with Crippen molar-refractivity contribution in [3.63, 3.8) is 0 Å². The predicted molar refractivity (Wildman–Crippen MR) is 98.5 cm³/mol. The van der Waals surface area contributed by atoms with E-state index in [2.05, 4.69) is 10.6 Å². The molecule has 0 aliphatic carbocycles. The van der Waals surface area contributed by atoms with E-state index < -0.39 is 11.0 Å². The second kappa shape index (κ2) is 8.95. The Morgan fingerprint density at radius 3 is 2.40 bits per heavy atom. The summed E-state index contributed by atoms with van der Waals surface area (Å²) < 4.78 is 5.10. The van der Waals surface area contributed by atoms with Crippen LogP contribution in [0.15, 0.2) is 48.5 Å². The topological polar surface area (TPSA) is 96.7 Å². The Morgan fingerprint density at radius 2 is 1.84 bits per heavy atom. The summed E-state index contributed by atoms with van der Waals surface area (Å²) in [5.74, 6) is 0.788. The standard InChI is InChI=1S/C17H19N3O4S/c1-24-15-8-2-12(3-9-15)10-18-17(25)19-11-16(21)13-4-6-14(7-5-13)20(22)23/h2-9,16,21H,10-11H2,1H3,(H2,18,19,25)/t16-/m1/s1. The lowest BCUT2D eigenvalue weighted by Crippen LogP contribution is -2.37. The van der Waals surface area contributed by atoms with Crippen molar-refractivity contribution in [2.75, 3.05) is 13.7 Å². The van der Waals surface area contributed by atoms with E-state index in [9.17, 15) is 15.2 Å². The number of thiocarbonyl (C=S) groups is 1. The Bertz CT molecular complexity index is 720. The fourth-order valence-electron chi connectivity index (χ4n) is 2.11. The van der Waals surface area contributed by atoms with Gasteiger partial charge in [0.1, 0.15) is 5.75 Å². The number of hydrogen-bond acceptors (Lipinski definition) is 5. The Kier molecular flexibility index (Phi) is 6.67. The molecule has 25 heavy (non-hydrogen) atoms. The predicted octanol–water partition coefficient (Wildman–Crippen LogP) is 2.30. The van der Waals surface area contributed by atoms with Crippen LogP contribution in [0.3, 0.4) is 0 Å². The van der Waals surface area contributed by atoms with Gasteiger partial charge in [0.05, 0.1) is 18.1 Å². The fraction of sp³-hybridized carbons (Fsp3) is 0.235. The number of methoxy groups -OCH3 is 1. The molecule has 8 heteroatoms. The summed E-state index contributed by atoms with van der Waals surface area (Å²) in [6, 6.07) is 13.4. The molecule has 0 aliphatic rings. The highest BCUT2D eigenvalue weighted by molar-refractivity contribution is 7.80. The van der Waals surface area contributed by atoms with Crippen LogP contribution in [0.4, 0.5) is 5.69 Å². The zero-order valence-electron chi connectivity index (χ0n) is 13.6. The van der Waals surface area contributed by atoms with Crippen LogP contribution in [0.2, 0.25) is 0 Å². The zero-order valence-corrected chi connectivity index (χ0v) is 14.5. The Labute approximate surface area is 150 Å². The van der Waals surface area contributed by atoms with Crippen LogP contribution in [0.1, 0.15) is 17.2 Å². The maximum atomic E-state index is 10.6. The number of hydrogen-bond donors (Lipinski definition) is 3. The molecule has 2 rings (SSSR count). The number of nitrogens with one attached hydrogen (secondary N) is 2. The second-order valence-electron chi connectivity index (χ2n) is 5.28. The molecule has 0 heterocycles. The van der Waals surface area contributed by atoms with E-state index in [1.54, 1.807) is 7.11 Å². The minimum atomic E-state index is -0.818. The third kappa shape index (κ3) is 5.70. The van der Waals surface area contributed by atoms with E-state index in [1.165, 1.54) is 24.3 Å². The first-order valence-electron chi connectivity index (χ1n) is 7.56. The minimum absolute atomic E-state index is 0.0133. The van der Waals surface area contributed by atoms with E-state index >= 15 is 0 Å². The second-order valence-corrected chi connectivity index (χ2v) is 5.68. The van der Waals surface area contributed by atoms with Crippen molar-refractivity contribution in [3.8, 4) is 5.75 Å². The highest BCUT2D eigenvalue weighted by Crippen LogP contribution is 2.17. The number of benzene rings is 2. The summed E-state index contributed by atoms with van der Waals surface area (Å²) in [5.41, 5.74) is 1.61. The van der Waals surface area contributed by atoms with E-state index in [0.29, 0.717) is 17.2 Å². The molecule has 0 spiro atoms. The Balaban J connectivity index is 1.77. The summed E-state index contributed by atoms with van der Waals surface area (Å²) in [4.78, 5) is 10.1. The van der Waals surface area contributed by atoms with E-state index in [-0.39, 0.29) is 12.2 Å². The van der Waals surface area contributed by atoms with Gasteiger partial charge in [0.25, 0.3) is 5.69 Å². The monoisotopic (exact) mass is 361 g/mol. The lowest BCUT2D eigenvalue weighted by Gasteiger charge is -2.15. The lowest BCUT2D eigenvalue weighted by atomic mass is 10.1. The van der Waals surface area contributed by atoms with Gasteiger partial charge in [-0.25, -0.2) is 0 Å². The maximum absolute atomic E-state index is 10.6. The minimum Gasteiger partial charge on any atom is -0.497 e. The maximum Gasteiger partial charge on any atom is 0.269 e. The highest BCUT2D eigenvalue weighted by atomic mass is 32.1. The van der Waals surface area contributed by atoms with Crippen LogP contribution in [0.5, 0.6) is 5.75 Å². The molecule has 3 N–H and O–H groups in total. The summed E-state index contributed by atoms with van der Waals surface area (Å²) >= 11 is 5.18. The molecule has 7 nitrogen and oxygen atoms in total. The van der Waals surface area contributed by atoms with Crippen molar-refractivity contribution in [3.05, 3.63) is 69.8 Å². The molecule has 0 aromatic heterocycles. The van der Waals surface area contributed by atoms with Gasteiger partial charge in [0.2, 0.25) is 0 Å². The normalized spacial score (nSPS) is 11.4. The van der Waals surface area contributed by atoms with Crippen molar-refractivity contribution in [2.45, 2.75) is 12.6 Å². The molecule has 2 aromatic carbocycles. The molecule has 0 radical (unpaired) electrons. The first-order valence-corrected chi connectivity index (χ1v) is 7.97. The quantitative estimate of drug-likeness (QED) is 0.395. The van der Waals surface area contributed by atoms with Crippen molar-refractivity contribution in [2.24, 2.45) is 0 Å². The number of aliphatic hydroxyl groups is 1. The molecular weight excluding hydrogens is 342 g/mol. The van der Waals surface area contributed by atoms with Gasteiger partial charge < -0.3 is 20.5 Å². The third-order valence-corrected chi connectivity index (χ3v) is 3.85. The molecule has 2 aromatic rings. The van der Waals surface area contributed by atoms with E-state index in [1.807, 2.05) is 24.3 Å². The van der Waals surface area contributed by atoms with Gasteiger partial charge in [-0.3, -0.25) is 10.1 Å². The third-order valence-electron chi connectivity index (χ3n) is 3.56.